The molecule has 0 radical (unpaired) electrons. The quantitative estimate of drug-likeness (QED) is 0.707. The summed E-state index contributed by atoms with van der Waals surface area (Å²) in [7, 11) is 0. The van der Waals surface area contributed by atoms with Gasteiger partial charge in [0.05, 0.1) is 12.7 Å². The second kappa shape index (κ2) is 8.31. The molecule has 136 valence electrons. The molecule has 0 spiro atoms. The summed E-state index contributed by atoms with van der Waals surface area (Å²) in [4.78, 5) is 24.0. The number of rotatable bonds is 7. The van der Waals surface area contributed by atoms with Gasteiger partial charge >= 0.3 is 6.03 Å². The van der Waals surface area contributed by atoms with Crippen molar-refractivity contribution in [1.82, 2.24) is 5.32 Å². The van der Waals surface area contributed by atoms with Gasteiger partial charge in [0.25, 0.3) is 5.91 Å². The van der Waals surface area contributed by atoms with Gasteiger partial charge in [-0.2, -0.15) is 0 Å². The Hall–Kier alpha value is -2.12. The Morgan fingerprint density at radius 3 is 2.68 bits per heavy atom. The first-order chi connectivity index (χ1) is 12.1. The molecule has 7 heteroatoms. The molecule has 1 aliphatic carbocycles. The predicted octanol–water partition coefficient (Wildman–Crippen LogP) is 2.49. The molecule has 3 amide bonds. The standard InChI is InChI=1S/C18H25N3O4/c1-12(25-11-16-6-3-9-24-16)17(22)19-14-4-2-5-15(10-14)21-18(23)20-13-7-8-13/h2,4-5,10,12-13,16H,3,6-9,11H2,1H3,(H,19,22)(H2,20,21,23)/t12-,16+/m1/s1. The third-order valence-electron chi connectivity index (χ3n) is 4.23. The Bertz CT molecular complexity index is 612. The SMILES string of the molecule is C[C@@H](OC[C@@H]1CCCO1)C(=O)Nc1cccc(NC(=O)NC2CC2)c1. The fourth-order valence-electron chi connectivity index (χ4n) is 2.60. The summed E-state index contributed by atoms with van der Waals surface area (Å²) in [5.41, 5.74) is 1.24. The molecule has 3 N–H and O–H groups in total. The van der Waals surface area contributed by atoms with Gasteiger partial charge in [-0.25, -0.2) is 4.79 Å². The van der Waals surface area contributed by atoms with Crippen LogP contribution in [0.15, 0.2) is 24.3 Å². The summed E-state index contributed by atoms with van der Waals surface area (Å²) >= 11 is 0. The van der Waals surface area contributed by atoms with Gasteiger partial charge in [0, 0.05) is 24.0 Å². The van der Waals surface area contributed by atoms with Crippen LogP contribution in [0, 0.1) is 0 Å². The second-order valence-electron chi connectivity index (χ2n) is 6.55. The highest BCUT2D eigenvalue weighted by atomic mass is 16.5. The van der Waals surface area contributed by atoms with Crippen LogP contribution in [0.1, 0.15) is 32.6 Å². The molecule has 1 saturated heterocycles. The van der Waals surface area contributed by atoms with E-state index in [9.17, 15) is 9.59 Å². The molecule has 2 fully saturated rings. The van der Waals surface area contributed by atoms with Crippen LogP contribution in [0.25, 0.3) is 0 Å². The largest absolute Gasteiger partial charge is 0.376 e. The topological polar surface area (TPSA) is 88.7 Å². The first-order valence-electron chi connectivity index (χ1n) is 8.82. The van der Waals surface area contributed by atoms with Gasteiger partial charge < -0.3 is 25.4 Å². The summed E-state index contributed by atoms with van der Waals surface area (Å²) in [5, 5.41) is 8.43. The summed E-state index contributed by atoms with van der Waals surface area (Å²) in [6, 6.07) is 7.12. The normalized spacial score (nSPS) is 20.8. The molecular formula is C18H25N3O4. The number of nitrogens with one attached hydrogen (secondary N) is 3. The molecule has 0 unspecified atom stereocenters. The van der Waals surface area contributed by atoms with E-state index >= 15 is 0 Å². The van der Waals surface area contributed by atoms with Gasteiger partial charge in [-0.3, -0.25) is 4.79 Å². The molecule has 1 aromatic carbocycles. The maximum absolute atomic E-state index is 12.2. The van der Waals surface area contributed by atoms with Gasteiger partial charge in [-0.05, 0) is 50.8 Å². The van der Waals surface area contributed by atoms with Crippen LogP contribution >= 0.6 is 0 Å². The molecule has 3 rings (SSSR count). The number of hydrogen-bond acceptors (Lipinski definition) is 4. The maximum Gasteiger partial charge on any atom is 0.319 e. The van der Waals surface area contributed by atoms with E-state index in [4.69, 9.17) is 9.47 Å². The van der Waals surface area contributed by atoms with Crippen LogP contribution in [0.2, 0.25) is 0 Å². The lowest BCUT2D eigenvalue weighted by atomic mass is 10.2. The molecule has 25 heavy (non-hydrogen) atoms. The lowest BCUT2D eigenvalue weighted by Gasteiger charge is -2.16. The Balaban J connectivity index is 1.46. The lowest BCUT2D eigenvalue weighted by molar-refractivity contribution is -0.128. The molecule has 0 bridgehead atoms. The van der Waals surface area contributed by atoms with Gasteiger partial charge in [0.2, 0.25) is 0 Å². The van der Waals surface area contributed by atoms with Crippen molar-refractivity contribution < 1.29 is 19.1 Å². The zero-order valence-electron chi connectivity index (χ0n) is 14.4. The van der Waals surface area contributed by atoms with Gasteiger partial charge in [0.15, 0.2) is 0 Å². The van der Waals surface area contributed by atoms with Crippen molar-refractivity contribution in [1.29, 1.82) is 0 Å². The summed E-state index contributed by atoms with van der Waals surface area (Å²) in [6.45, 7) is 2.91. The van der Waals surface area contributed by atoms with E-state index in [1.807, 2.05) is 0 Å². The predicted molar refractivity (Wildman–Crippen MR) is 94.6 cm³/mol. The third kappa shape index (κ3) is 5.72. The Kier molecular flexibility index (Phi) is 5.88. The highest BCUT2D eigenvalue weighted by Gasteiger charge is 2.23. The summed E-state index contributed by atoms with van der Waals surface area (Å²) in [5.74, 6) is -0.224. The highest BCUT2D eigenvalue weighted by Crippen LogP contribution is 2.20. The molecule has 7 nitrogen and oxygen atoms in total. The molecular weight excluding hydrogens is 322 g/mol. The van der Waals surface area contributed by atoms with Gasteiger partial charge in [-0.1, -0.05) is 6.07 Å². The monoisotopic (exact) mass is 347 g/mol. The molecule has 1 aromatic rings. The number of amides is 3. The minimum atomic E-state index is -0.570. The number of ether oxygens (including phenoxy) is 2. The van der Waals surface area contributed by atoms with Crippen LogP contribution < -0.4 is 16.0 Å². The minimum absolute atomic E-state index is 0.0905. The van der Waals surface area contributed by atoms with E-state index < -0.39 is 6.10 Å². The molecule has 1 heterocycles. The van der Waals surface area contributed by atoms with Gasteiger partial charge in [0.1, 0.15) is 6.10 Å². The van der Waals surface area contributed by atoms with Crippen molar-refractivity contribution in [3.63, 3.8) is 0 Å². The van der Waals surface area contributed by atoms with Crippen LogP contribution in [0.5, 0.6) is 0 Å². The van der Waals surface area contributed by atoms with Crippen molar-refractivity contribution in [3.05, 3.63) is 24.3 Å². The summed E-state index contributed by atoms with van der Waals surface area (Å²) < 4.78 is 11.1. The van der Waals surface area contributed by atoms with Crippen molar-refractivity contribution in [2.75, 3.05) is 23.8 Å². The zero-order valence-corrected chi connectivity index (χ0v) is 14.4. The average Bonchev–Trinajstić information content (AvgIpc) is 3.23. The van der Waals surface area contributed by atoms with Crippen molar-refractivity contribution >= 4 is 23.3 Å². The first kappa shape index (κ1) is 17.7. The number of carbonyl (C=O) groups excluding carboxylic acids is 2. The van der Waals surface area contributed by atoms with E-state index in [0.29, 0.717) is 24.0 Å². The number of urea groups is 1. The zero-order chi connectivity index (χ0) is 17.6. The lowest BCUT2D eigenvalue weighted by Crippen LogP contribution is -2.31. The molecule has 2 aliphatic rings. The van der Waals surface area contributed by atoms with E-state index in [1.165, 1.54) is 0 Å². The fraction of sp³-hybridized carbons (Fsp3) is 0.556. The van der Waals surface area contributed by atoms with Crippen LogP contribution in [0.3, 0.4) is 0 Å². The molecule has 1 aliphatic heterocycles. The smallest absolute Gasteiger partial charge is 0.319 e. The Morgan fingerprint density at radius 1 is 1.24 bits per heavy atom. The van der Waals surface area contributed by atoms with Crippen LogP contribution in [0.4, 0.5) is 16.2 Å². The Morgan fingerprint density at radius 2 is 2.00 bits per heavy atom. The average molecular weight is 347 g/mol. The number of hydrogen-bond donors (Lipinski definition) is 3. The minimum Gasteiger partial charge on any atom is -0.376 e. The third-order valence-corrected chi connectivity index (χ3v) is 4.23. The second-order valence-corrected chi connectivity index (χ2v) is 6.55. The van der Waals surface area contributed by atoms with Crippen molar-refractivity contribution in [3.8, 4) is 0 Å². The number of anilines is 2. The first-order valence-corrected chi connectivity index (χ1v) is 8.82. The maximum atomic E-state index is 12.2. The van der Waals surface area contributed by atoms with Crippen molar-refractivity contribution in [2.24, 2.45) is 0 Å². The highest BCUT2D eigenvalue weighted by molar-refractivity contribution is 5.95. The fourth-order valence-corrected chi connectivity index (χ4v) is 2.60. The van der Waals surface area contributed by atoms with Crippen molar-refractivity contribution in [2.45, 2.75) is 50.9 Å². The molecule has 0 aromatic heterocycles. The van der Waals surface area contributed by atoms with Crippen LogP contribution in [-0.2, 0) is 14.3 Å². The molecule has 2 atom stereocenters. The van der Waals surface area contributed by atoms with Gasteiger partial charge in [-0.15, -0.1) is 0 Å². The Labute approximate surface area is 147 Å². The summed E-state index contributed by atoms with van der Waals surface area (Å²) in [6.07, 6.45) is 3.61. The van der Waals surface area contributed by atoms with E-state index in [0.717, 1.165) is 32.3 Å². The van der Waals surface area contributed by atoms with E-state index in [2.05, 4.69) is 16.0 Å². The number of carbonyl (C=O) groups is 2. The van der Waals surface area contributed by atoms with E-state index in [1.54, 1.807) is 31.2 Å². The van der Waals surface area contributed by atoms with E-state index in [-0.39, 0.29) is 18.0 Å². The number of benzene rings is 1. The molecule has 1 saturated carbocycles. The van der Waals surface area contributed by atoms with Crippen LogP contribution in [-0.4, -0.2) is 43.4 Å².